The fourth-order valence-corrected chi connectivity index (χ4v) is 2.36. The van der Waals surface area contributed by atoms with E-state index >= 15 is 0 Å². The number of aromatic amines is 1. The lowest BCUT2D eigenvalue weighted by molar-refractivity contribution is 0.0525. The smallest absolute Gasteiger partial charge is 0.340 e. The van der Waals surface area contributed by atoms with E-state index in [0.717, 1.165) is 0 Å². The summed E-state index contributed by atoms with van der Waals surface area (Å²) in [5.41, 5.74) is 1.98. The van der Waals surface area contributed by atoms with Crippen molar-refractivity contribution in [2.75, 3.05) is 6.61 Å². The zero-order valence-corrected chi connectivity index (χ0v) is 13.1. The van der Waals surface area contributed by atoms with Crippen molar-refractivity contribution in [1.29, 1.82) is 0 Å². The first-order valence-electron chi connectivity index (χ1n) is 7.16. The molecule has 0 fully saturated rings. The van der Waals surface area contributed by atoms with Gasteiger partial charge in [-0.1, -0.05) is 0 Å². The average molecular weight is 304 g/mol. The number of furan rings is 1. The van der Waals surface area contributed by atoms with Crippen LogP contribution in [-0.4, -0.2) is 23.5 Å². The summed E-state index contributed by atoms with van der Waals surface area (Å²) < 4.78 is 10.3. The van der Waals surface area contributed by atoms with E-state index in [1.165, 1.54) is 0 Å². The minimum Gasteiger partial charge on any atom is -0.467 e. The van der Waals surface area contributed by atoms with Crippen LogP contribution in [-0.2, 0) is 4.74 Å². The van der Waals surface area contributed by atoms with Crippen LogP contribution in [0.15, 0.2) is 22.8 Å². The number of carbonyl (C=O) groups is 2. The van der Waals surface area contributed by atoms with E-state index in [9.17, 15) is 9.59 Å². The number of ether oxygens (including phenoxy) is 1. The maximum atomic E-state index is 12.4. The Morgan fingerprint density at radius 1 is 1.41 bits per heavy atom. The summed E-state index contributed by atoms with van der Waals surface area (Å²) in [7, 11) is 0. The normalized spacial score (nSPS) is 12.0. The van der Waals surface area contributed by atoms with Crippen LogP contribution >= 0.6 is 0 Å². The fourth-order valence-electron chi connectivity index (χ4n) is 2.36. The van der Waals surface area contributed by atoms with Gasteiger partial charge < -0.3 is 19.5 Å². The fraction of sp³-hybridized carbons (Fsp3) is 0.375. The molecule has 0 saturated carbocycles. The summed E-state index contributed by atoms with van der Waals surface area (Å²) in [6.07, 6.45) is 1.56. The van der Waals surface area contributed by atoms with Crippen molar-refractivity contribution in [2.45, 2.75) is 33.7 Å². The Bertz CT molecular complexity index is 671. The van der Waals surface area contributed by atoms with Crippen molar-refractivity contribution in [3.63, 3.8) is 0 Å². The van der Waals surface area contributed by atoms with E-state index < -0.39 is 5.97 Å². The second kappa shape index (κ2) is 6.51. The van der Waals surface area contributed by atoms with E-state index in [4.69, 9.17) is 9.15 Å². The number of carbonyl (C=O) groups excluding carboxylic acids is 2. The molecule has 0 aliphatic rings. The number of hydrogen-bond donors (Lipinski definition) is 2. The Morgan fingerprint density at radius 3 is 2.73 bits per heavy atom. The Labute approximate surface area is 128 Å². The highest BCUT2D eigenvalue weighted by Gasteiger charge is 2.24. The zero-order valence-electron chi connectivity index (χ0n) is 13.1. The van der Waals surface area contributed by atoms with Gasteiger partial charge in [-0.05, 0) is 45.4 Å². The van der Waals surface area contributed by atoms with Gasteiger partial charge in [0.15, 0.2) is 0 Å². The van der Waals surface area contributed by atoms with Crippen molar-refractivity contribution in [3.05, 3.63) is 46.7 Å². The van der Waals surface area contributed by atoms with Gasteiger partial charge in [0.1, 0.15) is 11.5 Å². The number of hydrogen-bond acceptors (Lipinski definition) is 4. The van der Waals surface area contributed by atoms with Crippen molar-refractivity contribution in [1.82, 2.24) is 10.3 Å². The number of nitrogens with one attached hydrogen (secondary N) is 2. The van der Waals surface area contributed by atoms with Crippen molar-refractivity contribution < 1.29 is 18.7 Å². The molecule has 0 saturated heterocycles. The summed E-state index contributed by atoms with van der Waals surface area (Å²) in [4.78, 5) is 27.3. The van der Waals surface area contributed by atoms with E-state index in [0.29, 0.717) is 34.9 Å². The highest BCUT2D eigenvalue weighted by molar-refractivity contribution is 6.00. The lowest BCUT2D eigenvalue weighted by Crippen LogP contribution is -2.27. The van der Waals surface area contributed by atoms with Crippen LogP contribution in [0.2, 0.25) is 0 Å². The van der Waals surface area contributed by atoms with E-state index in [2.05, 4.69) is 10.3 Å². The molecule has 2 rings (SSSR count). The maximum absolute atomic E-state index is 12.4. The molecule has 6 nitrogen and oxygen atoms in total. The molecule has 0 aliphatic carbocycles. The number of rotatable bonds is 5. The highest BCUT2D eigenvalue weighted by atomic mass is 16.5. The molecule has 118 valence electrons. The van der Waals surface area contributed by atoms with Gasteiger partial charge in [-0.2, -0.15) is 0 Å². The third-order valence-electron chi connectivity index (χ3n) is 3.46. The maximum Gasteiger partial charge on any atom is 0.340 e. The van der Waals surface area contributed by atoms with Crippen LogP contribution < -0.4 is 5.32 Å². The van der Waals surface area contributed by atoms with Gasteiger partial charge in [0.05, 0.1) is 24.5 Å². The minimum absolute atomic E-state index is 0.267. The number of H-pyrrole nitrogens is 1. The first kappa shape index (κ1) is 15.9. The molecule has 0 spiro atoms. The average Bonchev–Trinajstić information content (AvgIpc) is 3.07. The van der Waals surface area contributed by atoms with Gasteiger partial charge >= 0.3 is 5.97 Å². The number of amides is 1. The van der Waals surface area contributed by atoms with Crippen LogP contribution in [0.4, 0.5) is 0 Å². The summed E-state index contributed by atoms with van der Waals surface area (Å²) in [5, 5.41) is 2.83. The van der Waals surface area contributed by atoms with Gasteiger partial charge in [-0.25, -0.2) is 4.79 Å². The molecule has 22 heavy (non-hydrogen) atoms. The molecule has 1 amide bonds. The second-order valence-corrected chi connectivity index (χ2v) is 5.06. The van der Waals surface area contributed by atoms with Gasteiger partial charge in [0.25, 0.3) is 5.91 Å². The SMILES string of the molecule is CCOC(=O)c1c(C)[nH]c(C(=O)N[C@H](C)c2ccco2)c1C. The molecule has 6 heteroatoms. The third kappa shape index (κ3) is 3.05. The van der Waals surface area contributed by atoms with Crippen LogP contribution in [0.25, 0.3) is 0 Å². The van der Waals surface area contributed by atoms with Gasteiger partial charge in [0, 0.05) is 5.69 Å². The second-order valence-electron chi connectivity index (χ2n) is 5.06. The molecule has 0 unspecified atom stereocenters. The van der Waals surface area contributed by atoms with Gasteiger partial charge in [-0.3, -0.25) is 4.79 Å². The summed E-state index contributed by atoms with van der Waals surface area (Å²) in [6, 6.07) is 3.29. The van der Waals surface area contributed by atoms with Crippen molar-refractivity contribution in [3.8, 4) is 0 Å². The van der Waals surface area contributed by atoms with Gasteiger partial charge in [-0.15, -0.1) is 0 Å². The minimum atomic E-state index is -0.424. The molecular formula is C16H20N2O4. The zero-order chi connectivity index (χ0) is 16.3. The quantitative estimate of drug-likeness (QED) is 0.832. The Balaban J connectivity index is 2.20. The molecular weight excluding hydrogens is 284 g/mol. The number of aryl methyl sites for hydroxylation is 1. The molecule has 1 atom stereocenters. The molecule has 2 aromatic heterocycles. The first-order valence-corrected chi connectivity index (χ1v) is 7.16. The van der Waals surface area contributed by atoms with E-state index in [1.807, 2.05) is 6.92 Å². The lowest BCUT2D eigenvalue weighted by atomic mass is 10.1. The topological polar surface area (TPSA) is 84.3 Å². The molecule has 2 aromatic rings. The first-order chi connectivity index (χ1) is 10.5. The van der Waals surface area contributed by atoms with Gasteiger partial charge in [0.2, 0.25) is 0 Å². The molecule has 2 N–H and O–H groups in total. The highest BCUT2D eigenvalue weighted by Crippen LogP contribution is 2.20. The van der Waals surface area contributed by atoms with Crippen LogP contribution in [0.3, 0.4) is 0 Å². The predicted octanol–water partition coefficient (Wildman–Crippen LogP) is 2.89. The van der Waals surface area contributed by atoms with Crippen molar-refractivity contribution in [2.24, 2.45) is 0 Å². The largest absolute Gasteiger partial charge is 0.467 e. The number of esters is 1. The van der Waals surface area contributed by atoms with Crippen LogP contribution in [0.5, 0.6) is 0 Å². The van der Waals surface area contributed by atoms with E-state index in [-0.39, 0.29) is 11.9 Å². The summed E-state index contributed by atoms with van der Waals surface area (Å²) in [6.45, 7) is 7.33. The van der Waals surface area contributed by atoms with Crippen molar-refractivity contribution >= 4 is 11.9 Å². The Kier molecular flexibility index (Phi) is 4.70. The predicted molar refractivity (Wildman–Crippen MR) is 80.8 cm³/mol. The standard InChI is InChI=1S/C16H20N2O4/c1-5-21-16(20)13-9(2)14(17-11(13)4)15(19)18-10(3)12-7-6-8-22-12/h6-8,10,17H,5H2,1-4H3,(H,18,19)/t10-/m1/s1. The molecule has 2 heterocycles. The summed E-state index contributed by atoms with van der Waals surface area (Å²) >= 11 is 0. The molecule has 0 aromatic carbocycles. The molecule has 0 bridgehead atoms. The summed E-state index contributed by atoms with van der Waals surface area (Å²) in [5.74, 6) is -0.0492. The third-order valence-corrected chi connectivity index (χ3v) is 3.46. The number of aromatic nitrogens is 1. The van der Waals surface area contributed by atoms with Crippen LogP contribution in [0, 0.1) is 13.8 Å². The monoisotopic (exact) mass is 304 g/mol. The van der Waals surface area contributed by atoms with E-state index in [1.54, 1.807) is 39.2 Å². The lowest BCUT2D eigenvalue weighted by Gasteiger charge is -2.11. The Hall–Kier alpha value is -2.50. The Morgan fingerprint density at radius 2 is 2.14 bits per heavy atom. The molecule has 0 radical (unpaired) electrons. The molecule has 0 aliphatic heterocycles. The van der Waals surface area contributed by atoms with Crippen LogP contribution in [0.1, 0.15) is 57.8 Å².